The van der Waals surface area contributed by atoms with E-state index in [0.29, 0.717) is 32.0 Å². The van der Waals surface area contributed by atoms with Crippen molar-refractivity contribution in [2.24, 2.45) is 11.8 Å². The summed E-state index contributed by atoms with van der Waals surface area (Å²) in [5, 5.41) is 6.06. The van der Waals surface area contributed by atoms with Crippen molar-refractivity contribution in [3.05, 3.63) is 60.7 Å². The van der Waals surface area contributed by atoms with Gasteiger partial charge in [-0.15, -0.1) is 0 Å². The molecule has 2 aliphatic heterocycles. The van der Waals surface area contributed by atoms with Crippen LogP contribution in [0, 0.1) is 11.8 Å². The van der Waals surface area contributed by atoms with Crippen LogP contribution in [0.15, 0.2) is 60.7 Å². The van der Waals surface area contributed by atoms with E-state index >= 15 is 0 Å². The largest absolute Gasteiger partial charge is 0.378 e. The molecule has 2 N–H and O–H groups in total. The van der Waals surface area contributed by atoms with Crippen molar-refractivity contribution >= 4 is 34.6 Å². The molecule has 2 aromatic carbocycles. The van der Waals surface area contributed by atoms with Crippen molar-refractivity contribution in [3.8, 4) is 0 Å². The van der Waals surface area contributed by atoms with Crippen molar-refractivity contribution in [3.63, 3.8) is 0 Å². The molecule has 3 aliphatic rings. The van der Waals surface area contributed by atoms with Crippen molar-refractivity contribution in [2.45, 2.75) is 0 Å². The maximum absolute atomic E-state index is 13.1. The lowest BCUT2D eigenvalue weighted by Gasteiger charge is -2.30. The summed E-state index contributed by atoms with van der Waals surface area (Å²) in [5.74, 6) is -1.47. The summed E-state index contributed by atoms with van der Waals surface area (Å²) in [6, 6.07) is 15.5. The Kier molecular flexibility index (Phi) is 6.51. The Labute approximate surface area is 199 Å². The number of rotatable bonds is 6. The van der Waals surface area contributed by atoms with Crippen molar-refractivity contribution in [1.82, 2.24) is 0 Å². The monoisotopic (exact) mass is 462 g/mol. The second-order valence-corrected chi connectivity index (χ2v) is 8.74. The van der Waals surface area contributed by atoms with E-state index in [1.165, 1.54) is 0 Å². The van der Waals surface area contributed by atoms with Gasteiger partial charge in [0.2, 0.25) is 11.8 Å². The van der Waals surface area contributed by atoms with E-state index < -0.39 is 11.8 Å². The molecule has 1 saturated carbocycles. The number of carbonyl (C=O) groups is 2. The maximum Gasteiger partial charge on any atom is 0.232 e. The number of amides is 2. The van der Waals surface area contributed by atoms with Gasteiger partial charge in [0, 0.05) is 26.2 Å². The van der Waals surface area contributed by atoms with Gasteiger partial charge in [0.25, 0.3) is 0 Å². The highest BCUT2D eigenvalue weighted by Crippen LogP contribution is 2.46. The van der Waals surface area contributed by atoms with Crippen LogP contribution < -0.4 is 20.4 Å². The van der Waals surface area contributed by atoms with Crippen LogP contribution in [0.1, 0.15) is 0 Å². The third-order valence-corrected chi connectivity index (χ3v) is 6.62. The van der Waals surface area contributed by atoms with Crippen LogP contribution in [-0.4, -0.2) is 64.4 Å². The second kappa shape index (κ2) is 9.87. The molecule has 0 spiro atoms. The Balaban J connectivity index is 1.25. The van der Waals surface area contributed by atoms with Gasteiger partial charge < -0.3 is 29.9 Å². The van der Waals surface area contributed by atoms with E-state index in [2.05, 4.69) is 27.0 Å². The van der Waals surface area contributed by atoms with Gasteiger partial charge in [-0.1, -0.05) is 36.4 Å². The number of para-hydroxylation sites is 4. The SMILES string of the molecule is C=C1[C@H](C(=O)Nc2ccccc2N2CCOCC2)[C@@H]1C(=O)Nc1ccccc1N1CCOCC1. The van der Waals surface area contributed by atoms with Crippen LogP contribution in [0.2, 0.25) is 0 Å². The van der Waals surface area contributed by atoms with Crippen molar-refractivity contribution in [2.75, 3.05) is 73.0 Å². The Bertz CT molecular complexity index is 992. The molecule has 2 aromatic rings. The van der Waals surface area contributed by atoms with Crippen LogP contribution in [0.5, 0.6) is 0 Å². The average Bonchev–Trinajstić information content (AvgIpc) is 3.57. The first-order valence-corrected chi connectivity index (χ1v) is 11.8. The fraction of sp³-hybridized carbons (Fsp3) is 0.385. The number of morpholine rings is 2. The third-order valence-electron chi connectivity index (χ3n) is 6.62. The van der Waals surface area contributed by atoms with E-state index in [4.69, 9.17) is 9.47 Å². The second-order valence-electron chi connectivity index (χ2n) is 8.74. The smallest absolute Gasteiger partial charge is 0.232 e. The van der Waals surface area contributed by atoms with Crippen molar-refractivity contribution in [1.29, 1.82) is 0 Å². The van der Waals surface area contributed by atoms with Crippen LogP contribution in [0.4, 0.5) is 22.7 Å². The Morgan fingerprint density at radius 3 is 1.50 bits per heavy atom. The summed E-state index contributed by atoms with van der Waals surface area (Å²) in [6.07, 6.45) is 0. The Morgan fingerprint density at radius 2 is 1.09 bits per heavy atom. The van der Waals surface area contributed by atoms with Gasteiger partial charge in [0.15, 0.2) is 0 Å². The zero-order valence-electron chi connectivity index (χ0n) is 19.2. The minimum atomic E-state index is -0.534. The minimum absolute atomic E-state index is 0.202. The van der Waals surface area contributed by atoms with Crippen LogP contribution in [0.3, 0.4) is 0 Å². The number of hydrogen-bond acceptors (Lipinski definition) is 6. The van der Waals surface area contributed by atoms with Gasteiger partial charge in [0.1, 0.15) is 0 Å². The van der Waals surface area contributed by atoms with Gasteiger partial charge in [-0.3, -0.25) is 9.59 Å². The van der Waals surface area contributed by atoms with Gasteiger partial charge >= 0.3 is 0 Å². The molecule has 0 aromatic heterocycles. The molecule has 0 radical (unpaired) electrons. The lowest BCUT2D eigenvalue weighted by Crippen LogP contribution is -2.37. The summed E-state index contributed by atoms with van der Waals surface area (Å²) < 4.78 is 10.9. The molecule has 34 heavy (non-hydrogen) atoms. The third kappa shape index (κ3) is 4.64. The first-order valence-electron chi connectivity index (χ1n) is 11.8. The van der Waals surface area contributed by atoms with Gasteiger partial charge in [-0.25, -0.2) is 0 Å². The molecule has 0 bridgehead atoms. The molecule has 8 heteroatoms. The highest BCUT2D eigenvalue weighted by molar-refractivity contribution is 6.09. The molecule has 2 atom stereocenters. The summed E-state index contributed by atoms with van der Waals surface area (Å²) in [5.41, 5.74) is 4.05. The predicted octanol–water partition coefficient (Wildman–Crippen LogP) is 2.74. The molecule has 2 heterocycles. The summed E-state index contributed by atoms with van der Waals surface area (Å²) in [7, 11) is 0. The number of ether oxygens (including phenoxy) is 2. The quantitative estimate of drug-likeness (QED) is 0.643. The summed E-state index contributed by atoms with van der Waals surface area (Å²) in [6.45, 7) is 9.75. The lowest BCUT2D eigenvalue weighted by molar-refractivity contribution is -0.122. The number of nitrogens with zero attached hydrogens (tertiary/aromatic N) is 2. The lowest BCUT2D eigenvalue weighted by atomic mass is 10.2. The van der Waals surface area contributed by atoms with Crippen LogP contribution >= 0.6 is 0 Å². The van der Waals surface area contributed by atoms with E-state index in [-0.39, 0.29) is 11.8 Å². The molecule has 178 valence electrons. The van der Waals surface area contributed by atoms with Gasteiger partial charge in [-0.05, 0) is 24.3 Å². The molecule has 2 saturated heterocycles. The van der Waals surface area contributed by atoms with E-state index in [1.807, 2.05) is 48.5 Å². The van der Waals surface area contributed by atoms with Gasteiger partial charge in [-0.2, -0.15) is 0 Å². The normalized spacial score (nSPS) is 22.3. The van der Waals surface area contributed by atoms with E-state index in [9.17, 15) is 9.59 Å². The minimum Gasteiger partial charge on any atom is -0.378 e. The van der Waals surface area contributed by atoms with E-state index in [0.717, 1.165) is 48.9 Å². The summed E-state index contributed by atoms with van der Waals surface area (Å²) in [4.78, 5) is 30.6. The van der Waals surface area contributed by atoms with Crippen molar-refractivity contribution < 1.29 is 19.1 Å². The Hall–Kier alpha value is -3.36. The first-order chi connectivity index (χ1) is 16.6. The zero-order valence-corrected chi connectivity index (χ0v) is 19.2. The zero-order chi connectivity index (χ0) is 23.5. The molecule has 0 unspecified atom stereocenters. The molecule has 3 fully saturated rings. The highest BCUT2D eigenvalue weighted by atomic mass is 16.5. The number of carbonyl (C=O) groups excluding carboxylic acids is 2. The molecule has 2 amide bonds. The molecule has 1 aliphatic carbocycles. The number of nitrogens with one attached hydrogen (secondary N) is 2. The molecule has 8 nitrogen and oxygen atoms in total. The highest BCUT2D eigenvalue weighted by Gasteiger charge is 2.52. The first kappa shape index (κ1) is 22.4. The van der Waals surface area contributed by atoms with E-state index in [1.54, 1.807) is 0 Å². The molecular weight excluding hydrogens is 432 g/mol. The van der Waals surface area contributed by atoms with Crippen LogP contribution in [0.25, 0.3) is 0 Å². The topological polar surface area (TPSA) is 83.1 Å². The maximum atomic E-state index is 13.1. The number of hydrogen-bond donors (Lipinski definition) is 2. The molecular formula is C26H30N4O4. The van der Waals surface area contributed by atoms with Gasteiger partial charge in [0.05, 0.1) is 61.0 Å². The Morgan fingerprint density at radius 1 is 0.706 bits per heavy atom. The number of benzene rings is 2. The average molecular weight is 463 g/mol. The number of anilines is 4. The fourth-order valence-corrected chi connectivity index (χ4v) is 4.69. The summed E-state index contributed by atoms with van der Waals surface area (Å²) >= 11 is 0. The fourth-order valence-electron chi connectivity index (χ4n) is 4.69. The predicted molar refractivity (Wildman–Crippen MR) is 132 cm³/mol. The van der Waals surface area contributed by atoms with Crippen LogP contribution in [-0.2, 0) is 19.1 Å². The molecule has 5 rings (SSSR count). The standard InChI is InChI=1S/C26H30N4O4/c1-18-23(25(31)27-19-6-2-4-8-21(19)29-10-14-33-15-11-29)24(18)26(32)28-20-7-3-5-9-22(20)30-12-16-34-17-13-30/h2-9,23-24H,1,10-17H2,(H,27,31)(H,28,32)/t23-,24+.